The molecule has 0 aromatic heterocycles. The van der Waals surface area contributed by atoms with Gasteiger partial charge in [0.1, 0.15) is 5.75 Å². The van der Waals surface area contributed by atoms with E-state index < -0.39 is 65.1 Å². The summed E-state index contributed by atoms with van der Waals surface area (Å²) in [5.74, 6) is -7.97. The molecule has 4 atom stereocenters. The Balaban J connectivity index is 1.35. The number of amides is 4. The number of carbonyl (C=O) groups excluding carboxylic acids is 5. The Morgan fingerprint density at radius 1 is 0.585 bits per heavy atom. The maximum absolute atomic E-state index is 14.1. The first-order valence-corrected chi connectivity index (χ1v) is 14.6. The average Bonchev–Trinajstić information content (AvgIpc) is 3.40. The Morgan fingerprint density at radius 3 is 1.51 bits per heavy atom. The molecule has 3 aromatic carbocycles. The second-order valence-electron chi connectivity index (χ2n) is 10.5. The van der Waals surface area contributed by atoms with Crippen molar-refractivity contribution in [3.63, 3.8) is 0 Å². The van der Waals surface area contributed by atoms with Gasteiger partial charge >= 0.3 is 5.97 Å². The van der Waals surface area contributed by atoms with Gasteiger partial charge in [-0.05, 0) is 68.3 Å². The Morgan fingerprint density at radius 2 is 1.02 bits per heavy atom. The Kier molecular flexibility index (Phi) is 6.09. The van der Waals surface area contributed by atoms with Gasteiger partial charge in [0, 0.05) is 26.4 Å². The number of halogens is 2. The second-order valence-corrected chi connectivity index (χ2v) is 12.2. The van der Waals surface area contributed by atoms with Crippen LogP contribution in [0.25, 0.3) is 0 Å². The second kappa shape index (κ2) is 9.60. The van der Waals surface area contributed by atoms with Crippen LogP contribution in [0, 0.1) is 35.5 Å². The lowest BCUT2D eigenvalue weighted by molar-refractivity contribution is -0.142. The molecule has 2 heterocycles. The fourth-order valence-corrected chi connectivity index (χ4v) is 7.87. The van der Waals surface area contributed by atoms with E-state index in [2.05, 4.69) is 31.9 Å². The van der Waals surface area contributed by atoms with E-state index in [9.17, 15) is 24.0 Å². The summed E-state index contributed by atoms with van der Waals surface area (Å²) in [5.41, 5.74) is 0.899. The van der Waals surface area contributed by atoms with Crippen molar-refractivity contribution in [2.75, 3.05) is 9.80 Å². The lowest BCUT2D eigenvalue weighted by atomic mass is 9.52. The molecule has 2 bridgehead atoms. The third-order valence-corrected chi connectivity index (χ3v) is 9.85. The maximum Gasteiger partial charge on any atom is 0.339 e. The Bertz CT molecular complexity index is 1620. The molecule has 5 aliphatic rings. The molecule has 0 radical (unpaired) electrons. The van der Waals surface area contributed by atoms with Crippen LogP contribution in [0.5, 0.6) is 5.75 Å². The first-order chi connectivity index (χ1) is 19.8. The van der Waals surface area contributed by atoms with Crippen LogP contribution in [0.4, 0.5) is 11.4 Å². The van der Waals surface area contributed by atoms with Crippen LogP contribution in [0.2, 0.25) is 0 Å². The van der Waals surface area contributed by atoms with Crippen molar-refractivity contribution in [3.8, 4) is 5.75 Å². The molecule has 204 valence electrons. The third-order valence-electron chi connectivity index (χ3n) is 8.51. The minimum absolute atomic E-state index is 0.145. The molecule has 2 saturated heterocycles. The molecule has 4 amide bonds. The number of nitrogens with zero attached hydrogens (tertiary/aromatic N) is 2. The molecular weight excluding hydrogens is 656 g/mol. The minimum Gasteiger partial charge on any atom is -0.423 e. The molecule has 3 aliphatic carbocycles. The summed E-state index contributed by atoms with van der Waals surface area (Å²) in [6, 6.07) is 22.2. The van der Waals surface area contributed by atoms with Crippen LogP contribution in [-0.2, 0) is 24.0 Å². The first-order valence-electron chi connectivity index (χ1n) is 13.0. The molecule has 4 unspecified atom stereocenters. The highest BCUT2D eigenvalue weighted by molar-refractivity contribution is 9.11. The average molecular weight is 676 g/mol. The van der Waals surface area contributed by atoms with Crippen molar-refractivity contribution in [1.82, 2.24) is 0 Å². The van der Waals surface area contributed by atoms with Gasteiger partial charge in [-0.2, -0.15) is 0 Å². The van der Waals surface area contributed by atoms with Gasteiger partial charge in [0.2, 0.25) is 23.6 Å². The number of allylic oxidation sites excluding steroid dienone is 1. The van der Waals surface area contributed by atoms with E-state index in [1.807, 2.05) is 0 Å². The number of hydrogen-bond acceptors (Lipinski definition) is 6. The summed E-state index contributed by atoms with van der Waals surface area (Å²) in [4.78, 5) is 72.0. The predicted molar refractivity (Wildman–Crippen MR) is 154 cm³/mol. The van der Waals surface area contributed by atoms with Gasteiger partial charge in [0.05, 0.1) is 35.0 Å². The zero-order valence-electron chi connectivity index (χ0n) is 21.1. The van der Waals surface area contributed by atoms with Gasteiger partial charge in [-0.15, -0.1) is 0 Å². The van der Waals surface area contributed by atoms with Gasteiger partial charge in [-0.25, -0.2) is 14.6 Å². The van der Waals surface area contributed by atoms with Crippen molar-refractivity contribution < 1.29 is 28.7 Å². The largest absolute Gasteiger partial charge is 0.423 e. The summed E-state index contributed by atoms with van der Waals surface area (Å²) in [6.45, 7) is 0. The molecule has 0 N–H and O–H groups in total. The van der Waals surface area contributed by atoms with Crippen molar-refractivity contribution in [2.45, 2.75) is 0 Å². The van der Waals surface area contributed by atoms with Crippen LogP contribution in [0.15, 0.2) is 99.5 Å². The molecule has 8 rings (SSSR count). The number of benzene rings is 3. The van der Waals surface area contributed by atoms with E-state index >= 15 is 0 Å². The molecule has 3 fully saturated rings. The smallest absolute Gasteiger partial charge is 0.339 e. The predicted octanol–water partition coefficient (Wildman–Crippen LogP) is 4.91. The lowest BCUT2D eigenvalue weighted by Crippen LogP contribution is -2.53. The zero-order valence-corrected chi connectivity index (χ0v) is 24.3. The Labute approximate surface area is 251 Å². The van der Waals surface area contributed by atoms with Crippen LogP contribution in [0.1, 0.15) is 0 Å². The van der Waals surface area contributed by atoms with Crippen molar-refractivity contribution in [1.29, 1.82) is 0 Å². The number of imide groups is 2. The summed E-state index contributed by atoms with van der Waals surface area (Å²) < 4.78 is 6.75. The highest BCUT2D eigenvalue weighted by Crippen LogP contribution is 2.61. The highest BCUT2D eigenvalue weighted by atomic mass is 79.9. The van der Waals surface area contributed by atoms with Gasteiger partial charge < -0.3 is 4.74 Å². The van der Waals surface area contributed by atoms with Gasteiger partial charge in [-0.3, -0.25) is 19.2 Å². The monoisotopic (exact) mass is 674 g/mol. The van der Waals surface area contributed by atoms with E-state index in [1.165, 1.54) is 0 Å². The fraction of sp³-hybridized carbons (Fsp3) is 0.194. The number of rotatable bonds is 4. The van der Waals surface area contributed by atoms with Crippen LogP contribution >= 0.6 is 31.9 Å². The summed E-state index contributed by atoms with van der Waals surface area (Å²) in [6.07, 6.45) is 1.60. The topological polar surface area (TPSA) is 101 Å². The van der Waals surface area contributed by atoms with Gasteiger partial charge in [-0.1, -0.05) is 48.5 Å². The van der Waals surface area contributed by atoms with Gasteiger partial charge in [0.15, 0.2) is 0 Å². The molecule has 3 aromatic rings. The molecule has 10 heteroatoms. The molecule has 2 aliphatic heterocycles. The number of para-hydroxylation sites is 3. The minimum atomic E-state index is -1.01. The first kappa shape index (κ1) is 26.0. The molecule has 8 nitrogen and oxygen atoms in total. The fourth-order valence-electron chi connectivity index (χ4n) is 6.95. The number of anilines is 2. The van der Waals surface area contributed by atoms with E-state index in [0.717, 1.165) is 9.80 Å². The van der Waals surface area contributed by atoms with E-state index in [-0.39, 0.29) is 5.57 Å². The number of carbonyl (C=O) groups is 5. The summed E-state index contributed by atoms with van der Waals surface area (Å²) in [7, 11) is 0. The van der Waals surface area contributed by atoms with Gasteiger partial charge in [0.25, 0.3) is 0 Å². The maximum atomic E-state index is 14.1. The van der Waals surface area contributed by atoms with E-state index in [1.54, 1.807) is 84.9 Å². The van der Waals surface area contributed by atoms with E-state index in [0.29, 0.717) is 26.1 Å². The normalized spacial score (nSPS) is 28.1. The zero-order chi connectivity index (χ0) is 28.6. The molecule has 41 heavy (non-hydrogen) atoms. The SMILES string of the molecule is O=C(Oc1ccccc1)C1=CC2C3C(=O)N(c4ccccc4Br)C(=O)C3C1C1C(=O)N(c3ccccc3Br)C(=O)C21. The van der Waals surface area contributed by atoms with Crippen molar-refractivity contribution in [3.05, 3.63) is 99.5 Å². The highest BCUT2D eigenvalue weighted by Gasteiger charge is 2.71. The Hall–Kier alpha value is -3.89. The number of esters is 1. The summed E-state index contributed by atoms with van der Waals surface area (Å²) in [5, 5.41) is 0. The van der Waals surface area contributed by atoms with E-state index in [4.69, 9.17) is 4.74 Å². The van der Waals surface area contributed by atoms with Crippen LogP contribution in [0.3, 0.4) is 0 Å². The van der Waals surface area contributed by atoms with Crippen molar-refractivity contribution >= 4 is 72.8 Å². The quantitative estimate of drug-likeness (QED) is 0.221. The number of ether oxygens (including phenoxy) is 1. The molecule has 0 spiro atoms. The van der Waals surface area contributed by atoms with Crippen LogP contribution < -0.4 is 14.5 Å². The molecule has 1 saturated carbocycles. The molecular formula is C31H20Br2N2O6. The number of hydrogen-bond donors (Lipinski definition) is 0. The van der Waals surface area contributed by atoms with Crippen LogP contribution in [-0.4, -0.2) is 29.6 Å². The summed E-state index contributed by atoms with van der Waals surface area (Å²) >= 11 is 6.87. The third kappa shape index (κ3) is 3.73. The standard InChI is InChI=1S/C31H20Br2N2O6/c32-18-10-4-6-12-20(18)34-27(36)23-16-14-17(31(40)41-15-8-2-1-3-9-15)22(25(23)29(34)38)26-24(16)28(37)35(30(26)39)21-13-7-5-11-19(21)33/h1-14,16,22-26H. The lowest BCUT2D eigenvalue weighted by Gasteiger charge is -2.46. The van der Waals surface area contributed by atoms with Crippen molar-refractivity contribution in [2.24, 2.45) is 35.5 Å².